The van der Waals surface area contributed by atoms with Gasteiger partial charge in [-0.15, -0.1) is 11.8 Å². The highest BCUT2D eigenvalue weighted by atomic mass is 79.9. The Morgan fingerprint density at radius 3 is 2.82 bits per heavy atom. The van der Waals surface area contributed by atoms with Crippen LogP contribution >= 0.6 is 27.7 Å². The molecule has 0 bridgehead atoms. The number of amides is 2. The maximum absolute atomic E-state index is 12.1. The molecule has 1 aliphatic carbocycles. The lowest BCUT2D eigenvalue weighted by molar-refractivity contribution is -0.132. The molecule has 1 aromatic rings. The topological polar surface area (TPSA) is 49.4 Å². The van der Waals surface area contributed by atoms with Crippen molar-refractivity contribution in [3.8, 4) is 0 Å². The van der Waals surface area contributed by atoms with Crippen molar-refractivity contribution in [2.75, 3.05) is 24.7 Å². The molecule has 2 amide bonds. The second-order valence-electron chi connectivity index (χ2n) is 5.99. The smallest absolute Gasteiger partial charge is 0.239 e. The monoisotopic (exact) mass is 382 g/mol. The van der Waals surface area contributed by atoms with Gasteiger partial charge >= 0.3 is 0 Å². The highest BCUT2D eigenvalue weighted by Crippen LogP contribution is 2.43. The van der Waals surface area contributed by atoms with Crippen LogP contribution in [0.2, 0.25) is 0 Å². The second kappa shape index (κ2) is 6.62. The summed E-state index contributed by atoms with van der Waals surface area (Å²) in [5, 5.41) is 3.03. The fourth-order valence-corrected chi connectivity index (χ4v) is 4.33. The molecule has 2 fully saturated rings. The lowest BCUT2D eigenvalue weighted by Crippen LogP contribution is -2.48. The molecule has 0 unspecified atom stereocenters. The normalized spacial score (nSPS) is 19.9. The maximum atomic E-state index is 12.1. The molecule has 1 heterocycles. The average molecular weight is 383 g/mol. The quantitative estimate of drug-likeness (QED) is 0.850. The average Bonchev–Trinajstić information content (AvgIpc) is 2.83. The zero-order valence-corrected chi connectivity index (χ0v) is 14.7. The summed E-state index contributed by atoms with van der Waals surface area (Å²) in [5.41, 5.74) is 1.34. The molecule has 6 heteroatoms. The SMILES string of the molecule is O=C(CN1CSCC1=O)NCC1(c2cccc(Br)c2)CCC1. The number of thioether (sulfide) groups is 1. The van der Waals surface area contributed by atoms with Crippen molar-refractivity contribution in [1.82, 2.24) is 10.2 Å². The number of benzene rings is 1. The van der Waals surface area contributed by atoms with Gasteiger partial charge in [0.25, 0.3) is 0 Å². The van der Waals surface area contributed by atoms with Gasteiger partial charge in [-0.2, -0.15) is 0 Å². The van der Waals surface area contributed by atoms with Gasteiger partial charge in [0.2, 0.25) is 11.8 Å². The molecular weight excluding hydrogens is 364 g/mol. The van der Waals surface area contributed by atoms with Crippen LogP contribution in [0.1, 0.15) is 24.8 Å². The Kier molecular flexibility index (Phi) is 4.78. The molecule has 1 saturated carbocycles. The zero-order valence-electron chi connectivity index (χ0n) is 12.3. The van der Waals surface area contributed by atoms with E-state index in [0.717, 1.165) is 17.3 Å². The van der Waals surface area contributed by atoms with E-state index in [1.54, 1.807) is 16.7 Å². The van der Waals surface area contributed by atoms with Crippen molar-refractivity contribution in [2.24, 2.45) is 0 Å². The number of carbonyl (C=O) groups is 2. The highest BCUT2D eigenvalue weighted by molar-refractivity contribution is 9.10. The van der Waals surface area contributed by atoms with Crippen LogP contribution in [0.4, 0.5) is 0 Å². The van der Waals surface area contributed by atoms with E-state index in [-0.39, 0.29) is 23.8 Å². The number of carbonyl (C=O) groups excluding carboxylic acids is 2. The zero-order chi connectivity index (χ0) is 15.6. The summed E-state index contributed by atoms with van der Waals surface area (Å²) in [7, 11) is 0. The van der Waals surface area contributed by atoms with Crippen LogP contribution in [-0.4, -0.2) is 41.4 Å². The van der Waals surface area contributed by atoms with Crippen molar-refractivity contribution < 1.29 is 9.59 Å². The van der Waals surface area contributed by atoms with Gasteiger partial charge in [-0.1, -0.05) is 34.5 Å². The van der Waals surface area contributed by atoms with E-state index in [1.165, 1.54) is 12.0 Å². The summed E-state index contributed by atoms with van der Waals surface area (Å²) in [6.45, 7) is 0.831. The Balaban J connectivity index is 1.59. The molecule has 22 heavy (non-hydrogen) atoms. The van der Waals surface area contributed by atoms with Crippen LogP contribution in [0.25, 0.3) is 0 Å². The van der Waals surface area contributed by atoms with Gasteiger partial charge < -0.3 is 10.2 Å². The summed E-state index contributed by atoms with van der Waals surface area (Å²) in [4.78, 5) is 25.3. The van der Waals surface area contributed by atoms with Crippen molar-refractivity contribution >= 4 is 39.5 Å². The Hall–Kier alpha value is -1.01. The van der Waals surface area contributed by atoms with Crippen LogP contribution in [0.15, 0.2) is 28.7 Å². The van der Waals surface area contributed by atoms with Crippen LogP contribution in [0.5, 0.6) is 0 Å². The lowest BCUT2D eigenvalue weighted by atomic mass is 9.64. The minimum absolute atomic E-state index is 0.0582. The predicted octanol–water partition coefficient (Wildman–Crippen LogP) is 2.52. The van der Waals surface area contributed by atoms with Crippen molar-refractivity contribution in [3.63, 3.8) is 0 Å². The Morgan fingerprint density at radius 1 is 1.41 bits per heavy atom. The molecule has 0 aromatic heterocycles. The van der Waals surface area contributed by atoms with Gasteiger partial charge in [0.1, 0.15) is 6.54 Å². The van der Waals surface area contributed by atoms with Crippen LogP contribution < -0.4 is 5.32 Å². The van der Waals surface area contributed by atoms with Gasteiger partial charge in [-0.3, -0.25) is 9.59 Å². The van der Waals surface area contributed by atoms with E-state index in [1.807, 2.05) is 12.1 Å². The lowest BCUT2D eigenvalue weighted by Gasteiger charge is -2.42. The number of hydrogen-bond donors (Lipinski definition) is 1. The first kappa shape index (κ1) is 15.9. The third kappa shape index (κ3) is 3.33. The van der Waals surface area contributed by atoms with Crippen molar-refractivity contribution in [1.29, 1.82) is 0 Å². The van der Waals surface area contributed by atoms with E-state index in [4.69, 9.17) is 0 Å². The first-order valence-electron chi connectivity index (χ1n) is 7.47. The number of nitrogens with zero attached hydrogens (tertiary/aromatic N) is 1. The molecular formula is C16H19BrN2O2S. The minimum atomic E-state index is -0.0582. The standard InChI is InChI=1S/C16H19BrN2O2S/c17-13-4-1-3-12(7-13)16(5-2-6-16)10-18-14(20)8-19-11-22-9-15(19)21/h1,3-4,7H,2,5-6,8-11H2,(H,18,20). The number of hydrogen-bond acceptors (Lipinski definition) is 3. The van der Waals surface area contributed by atoms with Crippen LogP contribution in [-0.2, 0) is 15.0 Å². The molecule has 2 aliphatic rings. The first-order valence-corrected chi connectivity index (χ1v) is 9.42. The maximum Gasteiger partial charge on any atom is 0.239 e. The molecule has 1 saturated heterocycles. The molecule has 4 nitrogen and oxygen atoms in total. The van der Waals surface area contributed by atoms with E-state index in [2.05, 4.69) is 33.4 Å². The van der Waals surface area contributed by atoms with Crippen molar-refractivity contribution in [2.45, 2.75) is 24.7 Å². The van der Waals surface area contributed by atoms with Gasteiger partial charge in [0.15, 0.2) is 0 Å². The third-order valence-electron chi connectivity index (χ3n) is 4.53. The number of rotatable bonds is 5. The van der Waals surface area contributed by atoms with Gasteiger partial charge in [-0.05, 0) is 30.5 Å². The minimum Gasteiger partial charge on any atom is -0.354 e. The van der Waals surface area contributed by atoms with E-state index in [9.17, 15) is 9.59 Å². The van der Waals surface area contributed by atoms with Crippen LogP contribution in [0, 0.1) is 0 Å². The molecule has 1 aliphatic heterocycles. The number of nitrogens with one attached hydrogen (secondary N) is 1. The number of halogens is 1. The molecule has 0 radical (unpaired) electrons. The highest BCUT2D eigenvalue weighted by Gasteiger charge is 2.39. The predicted molar refractivity (Wildman–Crippen MR) is 91.7 cm³/mol. The second-order valence-corrected chi connectivity index (χ2v) is 7.86. The van der Waals surface area contributed by atoms with Gasteiger partial charge in [-0.25, -0.2) is 0 Å². The summed E-state index contributed by atoms with van der Waals surface area (Å²) in [6.07, 6.45) is 3.40. The first-order chi connectivity index (χ1) is 10.6. The van der Waals surface area contributed by atoms with Crippen molar-refractivity contribution in [3.05, 3.63) is 34.3 Å². The van der Waals surface area contributed by atoms with E-state index in [0.29, 0.717) is 18.2 Å². The summed E-state index contributed by atoms with van der Waals surface area (Å²) in [5.74, 6) is 1.13. The molecule has 0 atom stereocenters. The van der Waals surface area contributed by atoms with E-state index < -0.39 is 0 Å². The Labute approximate surface area is 143 Å². The fourth-order valence-electron chi connectivity index (χ4n) is 3.03. The summed E-state index contributed by atoms with van der Waals surface area (Å²) < 4.78 is 1.07. The molecule has 118 valence electrons. The third-order valence-corrected chi connectivity index (χ3v) is 5.97. The largest absolute Gasteiger partial charge is 0.354 e. The van der Waals surface area contributed by atoms with Gasteiger partial charge in [0, 0.05) is 16.4 Å². The van der Waals surface area contributed by atoms with E-state index >= 15 is 0 Å². The van der Waals surface area contributed by atoms with Crippen LogP contribution in [0.3, 0.4) is 0 Å². The molecule has 3 rings (SSSR count). The van der Waals surface area contributed by atoms with Gasteiger partial charge in [0.05, 0.1) is 11.6 Å². The Morgan fingerprint density at radius 2 is 2.23 bits per heavy atom. The Bertz CT molecular complexity index is 589. The molecule has 0 spiro atoms. The molecule has 1 N–H and O–H groups in total. The summed E-state index contributed by atoms with van der Waals surface area (Å²) >= 11 is 5.08. The summed E-state index contributed by atoms with van der Waals surface area (Å²) in [6, 6.07) is 8.34. The molecule has 1 aromatic carbocycles. The fraction of sp³-hybridized carbons (Fsp3) is 0.500.